The van der Waals surface area contributed by atoms with Gasteiger partial charge in [0, 0.05) is 24.7 Å². The second kappa shape index (κ2) is 7.77. The minimum Gasteiger partial charge on any atom is -0.353 e. The first kappa shape index (κ1) is 16.9. The van der Waals surface area contributed by atoms with Crippen molar-refractivity contribution in [2.75, 3.05) is 13.1 Å². The first-order valence-electron chi connectivity index (χ1n) is 8.99. The van der Waals surface area contributed by atoms with Crippen LogP contribution in [0.25, 0.3) is 0 Å². The monoisotopic (exact) mass is 332 g/mol. The van der Waals surface area contributed by atoms with Gasteiger partial charge in [-0.25, -0.2) is 4.39 Å². The minimum absolute atomic E-state index is 0.0820. The molecule has 1 saturated heterocycles. The normalized spacial score (nSPS) is 22.2. The zero-order valence-electron chi connectivity index (χ0n) is 14.0. The average Bonchev–Trinajstić information content (AvgIpc) is 2.63. The van der Waals surface area contributed by atoms with Crippen molar-refractivity contribution in [1.29, 1.82) is 0 Å². The van der Waals surface area contributed by atoms with Crippen LogP contribution in [0.5, 0.6) is 0 Å². The van der Waals surface area contributed by atoms with Gasteiger partial charge in [0.2, 0.25) is 5.91 Å². The maximum atomic E-state index is 13.0. The number of nitrogens with zero attached hydrogens (tertiary/aromatic N) is 1. The van der Waals surface area contributed by atoms with E-state index < -0.39 is 0 Å². The van der Waals surface area contributed by atoms with Crippen LogP contribution in [0.4, 0.5) is 4.39 Å². The number of benzene rings is 1. The second-order valence-corrected chi connectivity index (χ2v) is 6.94. The van der Waals surface area contributed by atoms with Gasteiger partial charge in [-0.05, 0) is 49.9 Å². The van der Waals surface area contributed by atoms with E-state index in [1.807, 2.05) is 0 Å². The zero-order chi connectivity index (χ0) is 16.9. The predicted molar refractivity (Wildman–Crippen MR) is 90.0 cm³/mol. The van der Waals surface area contributed by atoms with Gasteiger partial charge in [-0.2, -0.15) is 0 Å². The van der Waals surface area contributed by atoms with Crippen molar-refractivity contribution >= 4 is 11.8 Å². The first-order valence-corrected chi connectivity index (χ1v) is 8.99. The van der Waals surface area contributed by atoms with Gasteiger partial charge in [0.15, 0.2) is 0 Å². The number of carbonyl (C=O) groups excluding carboxylic acids is 2. The standard InChI is InChI=1S/C19H25FN2O2/c20-16-10-8-14(9-11-16)19(24)22-12-4-5-15(13-22)18(23)21-17-6-2-1-3-7-17/h8-11,15,17H,1-7,12-13H2,(H,21,23)/t15-/m1/s1. The van der Waals surface area contributed by atoms with Crippen molar-refractivity contribution < 1.29 is 14.0 Å². The van der Waals surface area contributed by atoms with Gasteiger partial charge in [-0.15, -0.1) is 0 Å². The fourth-order valence-corrected chi connectivity index (χ4v) is 3.72. The summed E-state index contributed by atoms with van der Waals surface area (Å²) in [6.45, 7) is 1.11. The summed E-state index contributed by atoms with van der Waals surface area (Å²) in [6, 6.07) is 5.90. The lowest BCUT2D eigenvalue weighted by Gasteiger charge is -2.33. The first-order chi connectivity index (χ1) is 11.6. The van der Waals surface area contributed by atoms with Crippen molar-refractivity contribution in [3.63, 3.8) is 0 Å². The Labute approximate surface area is 142 Å². The number of carbonyl (C=O) groups is 2. The highest BCUT2D eigenvalue weighted by Gasteiger charge is 2.30. The van der Waals surface area contributed by atoms with E-state index in [1.165, 1.54) is 43.5 Å². The molecule has 1 aliphatic heterocycles. The Kier molecular flexibility index (Phi) is 5.48. The van der Waals surface area contributed by atoms with Crippen LogP contribution in [0.15, 0.2) is 24.3 Å². The van der Waals surface area contributed by atoms with Crippen LogP contribution < -0.4 is 5.32 Å². The van der Waals surface area contributed by atoms with Crippen molar-refractivity contribution in [3.05, 3.63) is 35.6 Å². The van der Waals surface area contributed by atoms with Crippen LogP contribution in [0.2, 0.25) is 0 Å². The highest BCUT2D eigenvalue weighted by molar-refractivity contribution is 5.94. The largest absolute Gasteiger partial charge is 0.353 e. The van der Waals surface area contributed by atoms with Gasteiger partial charge in [0.25, 0.3) is 5.91 Å². The third kappa shape index (κ3) is 4.13. The summed E-state index contributed by atoms with van der Waals surface area (Å²) in [4.78, 5) is 26.8. The molecule has 0 spiro atoms. The number of halogens is 1. The van der Waals surface area contributed by atoms with Crippen molar-refractivity contribution in [2.45, 2.75) is 51.0 Å². The molecular formula is C19H25FN2O2. The number of hydrogen-bond acceptors (Lipinski definition) is 2. The molecule has 5 heteroatoms. The zero-order valence-corrected chi connectivity index (χ0v) is 14.0. The summed E-state index contributed by atoms with van der Waals surface area (Å²) < 4.78 is 13.0. The van der Waals surface area contributed by atoms with Crippen LogP contribution in [-0.2, 0) is 4.79 Å². The summed E-state index contributed by atoms with van der Waals surface area (Å²) in [6.07, 6.45) is 7.42. The van der Waals surface area contributed by atoms with Gasteiger partial charge < -0.3 is 10.2 Å². The molecule has 1 aromatic rings. The van der Waals surface area contributed by atoms with Crippen molar-refractivity contribution in [1.82, 2.24) is 10.2 Å². The summed E-state index contributed by atoms with van der Waals surface area (Å²) in [5, 5.41) is 3.17. The lowest BCUT2D eigenvalue weighted by molar-refractivity contribution is -0.127. The van der Waals surface area contributed by atoms with Gasteiger partial charge in [-0.1, -0.05) is 19.3 Å². The molecule has 1 saturated carbocycles. The van der Waals surface area contributed by atoms with Gasteiger partial charge in [0.05, 0.1) is 5.92 Å². The number of amides is 2. The van der Waals surface area contributed by atoms with E-state index in [9.17, 15) is 14.0 Å². The Balaban J connectivity index is 1.58. The summed E-state index contributed by atoms with van der Waals surface area (Å²) >= 11 is 0. The Morgan fingerprint density at radius 2 is 1.71 bits per heavy atom. The molecule has 1 N–H and O–H groups in total. The lowest BCUT2D eigenvalue weighted by Crippen LogP contribution is -2.47. The van der Waals surface area contributed by atoms with Gasteiger partial charge in [-0.3, -0.25) is 9.59 Å². The average molecular weight is 332 g/mol. The van der Waals surface area contributed by atoms with Crippen LogP contribution in [0.3, 0.4) is 0 Å². The fourth-order valence-electron chi connectivity index (χ4n) is 3.72. The molecule has 2 fully saturated rings. The van der Waals surface area contributed by atoms with Crippen LogP contribution >= 0.6 is 0 Å². The molecule has 1 heterocycles. The fraction of sp³-hybridized carbons (Fsp3) is 0.579. The van der Waals surface area contributed by atoms with Crippen LogP contribution in [-0.4, -0.2) is 35.8 Å². The van der Waals surface area contributed by atoms with Gasteiger partial charge >= 0.3 is 0 Å². The van der Waals surface area contributed by atoms with Crippen molar-refractivity contribution in [3.8, 4) is 0 Å². The summed E-state index contributed by atoms with van der Waals surface area (Å²) in [5.41, 5.74) is 0.477. The third-order valence-electron chi connectivity index (χ3n) is 5.12. The van der Waals surface area contributed by atoms with Crippen LogP contribution in [0.1, 0.15) is 55.3 Å². The maximum absolute atomic E-state index is 13.0. The van der Waals surface area contributed by atoms with E-state index in [0.717, 1.165) is 25.7 Å². The minimum atomic E-state index is -0.352. The molecule has 130 valence electrons. The van der Waals surface area contributed by atoms with Gasteiger partial charge in [0.1, 0.15) is 5.82 Å². The van der Waals surface area contributed by atoms with Crippen molar-refractivity contribution in [2.24, 2.45) is 5.92 Å². The number of nitrogens with one attached hydrogen (secondary N) is 1. The SMILES string of the molecule is O=C(NC1CCCCC1)[C@@H]1CCCN(C(=O)c2ccc(F)cc2)C1. The predicted octanol–water partition coefficient (Wildman–Crippen LogP) is 3.13. The number of likely N-dealkylation sites (tertiary alicyclic amines) is 1. The highest BCUT2D eigenvalue weighted by atomic mass is 19.1. The van der Waals surface area contributed by atoms with E-state index in [1.54, 1.807) is 4.90 Å². The quantitative estimate of drug-likeness (QED) is 0.924. The smallest absolute Gasteiger partial charge is 0.253 e. The third-order valence-corrected chi connectivity index (χ3v) is 5.12. The molecule has 4 nitrogen and oxygen atoms in total. The van der Waals surface area contributed by atoms with E-state index >= 15 is 0 Å². The van der Waals surface area contributed by atoms with E-state index in [4.69, 9.17) is 0 Å². The molecule has 2 aliphatic rings. The van der Waals surface area contributed by atoms with E-state index in [0.29, 0.717) is 24.7 Å². The molecule has 1 atom stereocenters. The molecule has 3 rings (SSSR count). The molecule has 2 amide bonds. The molecule has 0 aromatic heterocycles. The molecular weight excluding hydrogens is 307 g/mol. The topological polar surface area (TPSA) is 49.4 Å². The Morgan fingerprint density at radius 1 is 1.00 bits per heavy atom. The number of rotatable bonds is 3. The van der Waals surface area contributed by atoms with Crippen LogP contribution in [0, 0.1) is 11.7 Å². The molecule has 1 aliphatic carbocycles. The number of hydrogen-bond donors (Lipinski definition) is 1. The lowest BCUT2D eigenvalue weighted by atomic mass is 9.93. The summed E-state index contributed by atoms with van der Waals surface area (Å²) in [7, 11) is 0. The van der Waals surface area contributed by atoms with E-state index in [-0.39, 0.29) is 23.5 Å². The highest BCUT2D eigenvalue weighted by Crippen LogP contribution is 2.22. The summed E-state index contributed by atoms with van der Waals surface area (Å²) in [5.74, 6) is -0.524. The Hall–Kier alpha value is -1.91. The van der Waals surface area contributed by atoms with E-state index in [2.05, 4.69) is 5.32 Å². The molecule has 0 unspecified atom stereocenters. The Bertz CT molecular complexity index is 582. The Morgan fingerprint density at radius 3 is 2.42 bits per heavy atom. The molecule has 24 heavy (non-hydrogen) atoms. The molecule has 0 bridgehead atoms. The second-order valence-electron chi connectivity index (χ2n) is 6.94. The molecule has 1 aromatic carbocycles. The molecule has 0 radical (unpaired) electrons. The maximum Gasteiger partial charge on any atom is 0.253 e. The number of piperidine rings is 1.